The molecule has 2 unspecified atom stereocenters. The van der Waals surface area contributed by atoms with Crippen molar-refractivity contribution < 1.29 is 15.1 Å². The molecule has 0 spiro atoms. The fourth-order valence-corrected chi connectivity index (χ4v) is 6.47. The number of allylic oxidation sites excluding steroid dienone is 2. The lowest BCUT2D eigenvalue weighted by atomic mass is 9.47. The Labute approximate surface area is 143 Å². The van der Waals surface area contributed by atoms with Crippen LogP contribution < -0.4 is 5.32 Å². The maximum absolute atomic E-state index is 11.9. The third-order valence-corrected chi connectivity index (χ3v) is 7.73. The summed E-state index contributed by atoms with van der Waals surface area (Å²) in [6.45, 7) is 4.53. The van der Waals surface area contributed by atoms with Crippen LogP contribution in [0.2, 0.25) is 0 Å². The van der Waals surface area contributed by atoms with Crippen LogP contribution in [0.4, 0.5) is 0 Å². The van der Waals surface area contributed by atoms with Crippen LogP contribution in [0.3, 0.4) is 0 Å². The van der Waals surface area contributed by atoms with Crippen LogP contribution in [0, 0.1) is 23.2 Å². The predicted molar refractivity (Wildman–Crippen MR) is 90.9 cm³/mol. The number of nitrogens with one attached hydrogen (secondary N) is 1. The number of oxime groups is 1. The molecule has 3 aliphatic carbocycles. The Kier molecular flexibility index (Phi) is 3.49. The molecule has 1 aliphatic heterocycles. The van der Waals surface area contributed by atoms with Crippen molar-refractivity contribution in [3.8, 4) is 0 Å². The number of nitrogens with zero attached hydrogens (tertiary/aromatic N) is 1. The molecule has 3 fully saturated rings. The number of carbonyl (C=O) groups excluding carboxylic acids is 1. The highest BCUT2D eigenvalue weighted by Gasteiger charge is 2.57. The summed E-state index contributed by atoms with van der Waals surface area (Å²) in [5.41, 5.74) is 1.50. The van der Waals surface area contributed by atoms with Gasteiger partial charge in [0.15, 0.2) is 0 Å². The Morgan fingerprint density at radius 3 is 2.62 bits per heavy atom. The Bertz CT molecular complexity index is 641. The smallest absolute Gasteiger partial charge is 0.220 e. The second-order valence-electron chi connectivity index (χ2n) is 8.75. The first-order chi connectivity index (χ1) is 11.4. The van der Waals surface area contributed by atoms with E-state index in [4.69, 9.17) is 5.21 Å². The zero-order chi connectivity index (χ0) is 17.1. The van der Waals surface area contributed by atoms with E-state index < -0.39 is 0 Å². The molecule has 132 valence electrons. The van der Waals surface area contributed by atoms with Crippen molar-refractivity contribution >= 4 is 11.6 Å². The van der Waals surface area contributed by atoms with Crippen LogP contribution in [-0.2, 0) is 4.79 Å². The van der Waals surface area contributed by atoms with Crippen LogP contribution in [0.25, 0.3) is 0 Å². The molecule has 0 aromatic rings. The predicted octanol–water partition coefficient (Wildman–Crippen LogP) is 3.53. The van der Waals surface area contributed by atoms with Gasteiger partial charge in [0.1, 0.15) is 11.5 Å². The highest BCUT2D eigenvalue weighted by atomic mass is 16.4. The van der Waals surface area contributed by atoms with E-state index in [9.17, 15) is 9.90 Å². The monoisotopic (exact) mass is 332 g/mol. The molecule has 0 aromatic heterocycles. The molecular formula is C19H28N2O3. The van der Waals surface area contributed by atoms with Crippen LogP contribution in [0.5, 0.6) is 0 Å². The molecule has 5 heteroatoms. The van der Waals surface area contributed by atoms with Crippen molar-refractivity contribution in [2.75, 3.05) is 0 Å². The summed E-state index contributed by atoms with van der Waals surface area (Å²) in [5, 5.41) is 26.3. The summed E-state index contributed by atoms with van der Waals surface area (Å²) in [7, 11) is 0. The maximum atomic E-state index is 11.9. The van der Waals surface area contributed by atoms with E-state index in [1.54, 1.807) is 0 Å². The third-order valence-electron chi connectivity index (χ3n) is 7.73. The number of carbonyl (C=O) groups is 1. The summed E-state index contributed by atoms with van der Waals surface area (Å²) in [6, 6.07) is 0. The van der Waals surface area contributed by atoms with Crippen LogP contribution in [0.1, 0.15) is 65.2 Å². The van der Waals surface area contributed by atoms with Gasteiger partial charge in [0.05, 0.1) is 0 Å². The van der Waals surface area contributed by atoms with Crippen molar-refractivity contribution in [3.63, 3.8) is 0 Å². The summed E-state index contributed by atoms with van der Waals surface area (Å²) >= 11 is 0. The normalized spacial score (nSPS) is 46.8. The summed E-state index contributed by atoms with van der Waals surface area (Å²) in [4.78, 5) is 11.9. The van der Waals surface area contributed by atoms with E-state index in [-0.39, 0.29) is 22.6 Å². The number of piperidine rings is 1. The Morgan fingerprint density at radius 2 is 1.88 bits per heavy atom. The number of amides is 1. The molecular weight excluding hydrogens is 304 g/mol. The summed E-state index contributed by atoms with van der Waals surface area (Å²) in [6.07, 6.45) is 7.29. The minimum atomic E-state index is -0.0531. The molecule has 2 saturated carbocycles. The van der Waals surface area contributed by atoms with Gasteiger partial charge in [-0.2, -0.15) is 0 Å². The van der Waals surface area contributed by atoms with Gasteiger partial charge < -0.3 is 15.6 Å². The first-order valence-electron chi connectivity index (χ1n) is 9.34. The SMILES string of the molecule is C[C@]12CCC(=NO)C(O)=C1CC[C@@H]1C2CC[C@]2(C)NC(=O)CCC12. The second-order valence-corrected chi connectivity index (χ2v) is 8.75. The fraction of sp³-hybridized carbons (Fsp3) is 0.789. The Hall–Kier alpha value is -1.52. The van der Waals surface area contributed by atoms with Gasteiger partial charge in [-0.1, -0.05) is 12.1 Å². The minimum absolute atomic E-state index is 0.00394. The molecule has 1 amide bonds. The number of hydrogen-bond acceptors (Lipinski definition) is 4. The third kappa shape index (κ3) is 2.06. The van der Waals surface area contributed by atoms with E-state index in [1.165, 1.54) is 0 Å². The van der Waals surface area contributed by atoms with Gasteiger partial charge in [0.2, 0.25) is 5.91 Å². The summed E-state index contributed by atoms with van der Waals surface area (Å²) < 4.78 is 0. The van der Waals surface area contributed by atoms with Crippen LogP contribution >= 0.6 is 0 Å². The van der Waals surface area contributed by atoms with Crippen LogP contribution in [-0.4, -0.2) is 27.5 Å². The van der Waals surface area contributed by atoms with Gasteiger partial charge in [-0.25, -0.2) is 0 Å². The van der Waals surface area contributed by atoms with Gasteiger partial charge in [-0.15, -0.1) is 0 Å². The number of hydrogen-bond donors (Lipinski definition) is 3. The molecule has 0 aromatic carbocycles. The van der Waals surface area contributed by atoms with Crippen LogP contribution in [0.15, 0.2) is 16.5 Å². The fourth-order valence-electron chi connectivity index (χ4n) is 6.47. The zero-order valence-corrected chi connectivity index (χ0v) is 14.6. The van der Waals surface area contributed by atoms with Gasteiger partial charge in [0.25, 0.3) is 0 Å². The van der Waals surface area contributed by atoms with E-state index in [1.807, 2.05) is 0 Å². The van der Waals surface area contributed by atoms with Crippen molar-refractivity contribution in [2.24, 2.45) is 28.3 Å². The molecule has 0 radical (unpaired) electrons. The number of aliphatic hydroxyl groups is 1. The Balaban J connectivity index is 1.69. The lowest BCUT2D eigenvalue weighted by Gasteiger charge is -2.60. The first-order valence-corrected chi connectivity index (χ1v) is 9.34. The molecule has 3 N–H and O–H groups in total. The van der Waals surface area contributed by atoms with E-state index in [0.717, 1.165) is 44.1 Å². The van der Waals surface area contributed by atoms with Crippen molar-refractivity contribution in [1.82, 2.24) is 5.32 Å². The summed E-state index contributed by atoms with van der Waals surface area (Å²) in [5.74, 6) is 2.15. The molecule has 24 heavy (non-hydrogen) atoms. The van der Waals surface area contributed by atoms with Crippen molar-refractivity contribution in [2.45, 2.75) is 70.8 Å². The number of fused-ring (bicyclic) bond motifs is 5. The topological polar surface area (TPSA) is 81.9 Å². The lowest BCUT2D eigenvalue weighted by molar-refractivity contribution is -0.132. The molecule has 4 aliphatic rings. The zero-order valence-electron chi connectivity index (χ0n) is 14.6. The molecule has 5 atom stereocenters. The van der Waals surface area contributed by atoms with E-state index in [0.29, 0.717) is 36.3 Å². The van der Waals surface area contributed by atoms with Crippen molar-refractivity contribution in [1.29, 1.82) is 0 Å². The molecule has 5 nitrogen and oxygen atoms in total. The highest BCUT2D eigenvalue weighted by Crippen LogP contribution is 2.61. The standard InChI is InChI=1S/C19H28N2O3/c1-18-9-8-15(21-24)17(23)14(18)4-3-11-12(18)7-10-19(2)13(11)5-6-16(22)20-19/h11-13,23-24H,3-10H2,1-2H3,(H,20,22)/t11-,12?,13?,18-,19+/m1/s1. The van der Waals surface area contributed by atoms with Gasteiger partial charge in [0, 0.05) is 12.0 Å². The average Bonchev–Trinajstić information content (AvgIpc) is 2.53. The lowest BCUT2D eigenvalue weighted by Crippen LogP contribution is -2.62. The quantitative estimate of drug-likeness (QED) is 0.469. The Morgan fingerprint density at radius 1 is 1.08 bits per heavy atom. The number of rotatable bonds is 0. The molecule has 1 saturated heterocycles. The second kappa shape index (κ2) is 5.24. The maximum Gasteiger partial charge on any atom is 0.220 e. The molecule has 4 rings (SSSR count). The van der Waals surface area contributed by atoms with Gasteiger partial charge in [-0.3, -0.25) is 4.79 Å². The number of aliphatic hydroxyl groups excluding tert-OH is 1. The van der Waals surface area contributed by atoms with E-state index >= 15 is 0 Å². The van der Waals surface area contributed by atoms with Gasteiger partial charge >= 0.3 is 0 Å². The largest absolute Gasteiger partial charge is 0.506 e. The molecule has 1 heterocycles. The van der Waals surface area contributed by atoms with Crippen molar-refractivity contribution in [3.05, 3.63) is 11.3 Å². The minimum Gasteiger partial charge on any atom is -0.506 e. The van der Waals surface area contributed by atoms with E-state index in [2.05, 4.69) is 24.3 Å². The molecule has 0 bridgehead atoms. The van der Waals surface area contributed by atoms with Gasteiger partial charge in [-0.05, 0) is 80.6 Å². The average molecular weight is 332 g/mol. The first kappa shape index (κ1) is 16.0. The highest BCUT2D eigenvalue weighted by molar-refractivity contribution is 5.99.